The van der Waals surface area contributed by atoms with Gasteiger partial charge in [0.05, 0.1) is 34.7 Å². The second-order valence-corrected chi connectivity index (χ2v) is 9.94. The van der Waals surface area contributed by atoms with Gasteiger partial charge in [-0.3, -0.25) is 4.79 Å². The Morgan fingerprint density at radius 1 is 1.39 bits per heavy atom. The smallest absolute Gasteiger partial charge is 0.475 e. The van der Waals surface area contributed by atoms with Gasteiger partial charge in [0.25, 0.3) is 0 Å². The molecule has 2 fully saturated rings. The van der Waals surface area contributed by atoms with Crippen molar-refractivity contribution in [2.45, 2.75) is 51.9 Å². The van der Waals surface area contributed by atoms with Crippen LogP contribution >= 0.6 is 11.3 Å². The number of likely N-dealkylation sites (tertiary alicyclic amines) is 2. The van der Waals surface area contributed by atoms with Crippen molar-refractivity contribution in [3.8, 4) is 0 Å². The van der Waals surface area contributed by atoms with Gasteiger partial charge in [-0.05, 0) is 34.2 Å². The molecule has 4 heterocycles. The monoisotopic (exact) mass is 487 g/mol. The molecule has 0 aromatic carbocycles. The zero-order valence-electron chi connectivity index (χ0n) is 19.0. The molecule has 0 aliphatic carbocycles. The van der Waals surface area contributed by atoms with E-state index in [0.717, 1.165) is 42.5 Å². The number of nitrogens with zero attached hydrogens (tertiary/aromatic N) is 5. The lowest BCUT2D eigenvalue weighted by Gasteiger charge is -2.27. The number of rotatable bonds is 4. The summed E-state index contributed by atoms with van der Waals surface area (Å²) in [5.74, 6) is -2.31. The van der Waals surface area contributed by atoms with E-state index in [-0.39, 0.29) is 17.2 Å². The largest absolute Gasteiger partial charge is 0.490 e. The standard InChI is InChI=1S/C19H27N5OS.C2HF3O2/c1-13(2)24-9-17(20-12-24)16-8-22(4)11-19(16)5-6-23(18(19)25)7-15-10-26-14(3)21-15;3-2(4,5)1(6)7/h9-10,12-13,16H,5-8,11H2,1-4H3;(H,6,7). The minimum Gasteiger partial charge on any atom is -0.475 e. The second-order valence-electron chi connectivity index (χ2n) is 8.88. The van der Waals surface area contributed by atoms with Gasteiger partial charge in [0.2, 0.25) is 5.91 Å². The molecule has 2 aliphatic heterocycles. The molecule has 2 aromatic rings. The fourth-order valence-electron chi connectivity index (χ4n) is 4.49. The lowest BCUT2D eigenvalue weighted by atomic mass is 9.75. The van der Waals surface area contributed by atoms with Gasteiger partial charge >= 0.3 is 12.1 Å². The van der Waals surface area contributed by atoms with Crippen LogP contribution in [0.4, 0.5) is 13.2 Å². The number of carbonyl (C=O) groups excluding carboxylic acids is 1. The number of carboxylic acids is 1. The number of imidazole rings is 1. The summed E-state index contributed by atoms with van der Waals surface area (Å²) in [5.41, 5.74) is 1.73. The molecule has 4 rings (SSSR count). The first-order chi connectivity index (χ1) is 15.3. The Bertz CT molecular complexity index is 1010. The quantitative estimate of drug-likeness (QED) is 0.712. The minimum atomic E-state index is -5.08. The molecule has 0 saturated carbocycles. The molecule has 2 aromatic heterocycles. The number of carbonyl (C=O) groups is 2. The Hall–Kier alpha value is -2.47. The highest BCUT2D eigenvalue weighted by Crippen LogP contribution is 2.49. The molecule has 0 bridgehead atoms. The summed E-state index contributed by atoms with van der Waals surface area (Å²) in [6, 6.07) is 0.384. The first kappa shape index (κ1) is 25.2. The van der Waals surface area contributed by atoms with E-state index in [4.69, 9.17) is 9.90 Å². The third-order valence-corrected chi connectivity index (χ3v) is 6.91. The first-order valence-corrected chi connectivity index (χ1v) is 11.4. The van der Waals surface area contributed by atoms with E-state index in [9.17, 15) is 18.0 Å². The van der Waals surface area contributed by atoms with Crippen molar-refractivity contribution in [1.82, 2.24) is 24.3 Å². The topological polar surface area (TPSA) is 91.6 Å². The average molecular weight is 488 g/mol. The number of amides is 1. The van der Waals surface area contributed by atoms with Crippen LogP contribution in [0, 0.1) is 12.3 Å². The number of likely N-dealkylation sites (N-methyl/N-ethyl adjacent to an activating group) is 1. The van der Waals surface area contributed by atoms with Crippen molar-refractivity contribution in [2.24, 2.45) is 5.41 Å². The summed E-state index contributed by atoms with van der Waals surface area (Å²) in [5, 5.41) is 10.2. The summed E-state index contributed by atoms with van der Waals surface area (Å²) < 4.78 is 33.9. The third-order valence-electron chi connectivity index (χ3n) is 6.09. The zero-order valence-corrected chi connectivity index (χ0v) is 19.8. The van der Waals surface area contributed by atoms with Crippen LogP contribution in [0.15, 0.2) is 17.9 Å². The molecular formula is C21H28F3N5O3S. The van der Waals surface area contributed by atoms with E-state index in [1.165, 1.54) is 0 Å². The van der Waals surface area contributed by atoms with E-state index < -0.39 is 12.1 Å². The molecule has 2 unspecified atom stereocenters. The summed E-state index contributed by atoms with van der Waals surface area (Å²) in [6.45, 7) is 9.46. The number of aryl methyl sites for hydroxylation is 1. The molecule has 2 saturated heterocycles. The Kier molecular flexibility index (Phi) is 7.18. The van der Waals surface area contributed by atoms with Crippen LogP contribution in [0.2, 0.25) is 0 Å². The van der Waals surface area contributed by atoms with Crippen molar-refractivity contribution in [3.63, 3.8) is 0 Å². The van der Waals surface area contributed by atoms with Crippen molar-refractivity contribution in [2.75, 3.05) is 26.7 Å². The fourth-order valence-corrected chi connectivity index (χ4v) is 5.09. The third kappa shape index (κ3) is 5.37. The highest BCUT2D eigenvalue weighted by atomic mass is 32.1. The van der Waals surface area contributed by atoms with Gasteiger partial charge in [0.15, 0.2) is 0 Å². The van der Waals surface area contributed by atoms with Gasteiger partial charge < -0.3 is 19.5 Å². The van der Waals surface area contributed by atoms with E-state index in [2.05, 4.69) is 51.9 Å². The Labute approximate surface area is 194 Å². The van der Waals surface area contributed by atoms with Crippen LogP contribution in [-0.4, -0.2) is 74.2 Å². The number of aromatic nitrogens is 3. The molecular weight excluding hydrogens is 459 g/mol. The van der Waals surface area contributed by atoms with E-state index in [1.54, 1.807) is 11.3 Å². The summed E-state index contributed by atoms with van der Waals surface area (Å²) in [4.78, 5) is 35.8. The van der Waals surface area contributed by atoms with Crippen LogP contribution in [0.5, 0.6) is 0 Å². The van der Waals surface area contributed by atoms with Crippen molar-refractivity contribution >= 4 is 23.2 Å². The number of carboxylic acid groups (broad SMARTS) is 1. The molecule has 2 aliphatic rings. The second kappa shape index (κ2) is 9.41. The summed E-state index contributed by atoms with van der Waals surface area (Å²) in [6.07, 6.45) is -0.143. The molecule has 0 radical (unpaired) electrons. The highest BCUT2D eigenvalue weighted by Gasteiger charge is 2.57. The number of hydrogen-bond acceptors (Lipinski definition) is 6. The van der Waals surface area contributed by atoms with Crippen molar-refractivity contribution < 1.29 is 27.9 Å². The highest BCUT2D eigenvalue weighted by molar-refractivity contribution is 7.09. The van der Waals surface area contributed by atoms with Gasteiger partial charge in [-0.15, -0.1) is 11.3 Å². The van der Waals surface area contributed by atoms with Crippen molar-refractivity contribution in [1.29, 1.82) is 0 Å². The Balaban J connectivity index is 0.000000383. The van der Waals surface area contributed by atoms with Crippen LogP contribution in [-0.2, 0) is 16.1 Å². The van der Waals surface area contributed by atoms with Gasteiger partial charge in [0.1, 0.15) is 0 Å². The summed E-state index contributed by atoms with van der Waals surface area (Å²) >= 11 is 1.65. The summed E-state index contributed by atoms with van der Waals surface area (Å²) in [7, 11) is 2.11. The molecule has 33 heavy (non-hydrogen) atoms. The minimum absolute atomic E-state index is 0.169. The van der Waals surface area contributed by atoms with Crippen molar-refractivity contribution in [3.05, 3.63) is 34.3 Å². The van der Waals surface area contributed by atoms with E-state index >= 15 is 0 Å². The number of hydrogen-bond donors (Lipinski definition) is 1. The maximum Gasteiger partial charge on any atom is 0.490 e. The van der Waals surface area contributed by atoms with E-state index in [1.807, 2.05) is 18.2 Å². The fraction of sp³-hybridized carbons (Fsp3) is 0.619. The lowest BCUT2D eigenvalue weighted by Crippen LogP contribution is -2.39. The van der Waals surface area contributed by atoms with Gasteiger partial charge in [-0.2, -0.15) is 13.2 Å². The predicted octanol–water partition coefficient (Wildman–Crippen LogP) is 3.31. The molecule has 8 nitrogen and oxygen atoms in total. The van der Waals surface area contributed by atoms with Crippen LogP contribution in [0.25, 0.3) is 0 Å². The number of alkyl halides is 3. The predicted molar refractivity (Wildman–Crippen MR) is 116 cm³/mol. The Morgan fingerprint density at radius 3 is 2.58 bits per heavy atom. The molecule has 1 N–H and O–H groups in total. The normalized spacial score (nSPS) is 23.5. The van der Waals surface area contributed by atoms with E-state index in [0.29, 0.717) is 12.6 Å². The molecule has 182 valence electrons. The zero-order chi connectivity index (χ0) is 24.6. The van der Waals surface area contributed by atoms with Gasteiger partial charge in [0, 0.05) is 43.2 Å². The van der Waals surface area contributed by atoms with Gasteiger partial charge in [-0.1, -0.05) is 0 Å². The maximum atomic E-state index is 13.5. The first-order valence-electron chi connectivity index (χ1n) is 10.6. The van der Waals surface area contributed by atoms with Crippen LogP contribution in [0.1, 0.15) is 48.6 Å². The molecule has 1 spiro atoms. The number of aliphatic carboxylic acids is 1. The molecule has 1 amide bonds. The molecule has 12 heteroatoms. The SMILES string of the molecule is Cc1nc(CN2CCC3(CN(C)CC3c3cn(C(C)C)cn3)C2=O)cs1.O=C(O)C(F)(F)F. The molecule has 2 atom stereocenters. The van der Waals surface area contributed by atoms with Crippen LogP contribution < -0.4 is 0 Å². The lowest BCUT2D eigenvalue weighted by molar-refractivity contribution is -0.192. The maximum absolute atomic E-state index is 13.5. The van der Waals surface area contributed by atoms with Gasteiger partial charge in [-0.25, -0.2) is 14.8 Å². The number of halogens is 3. The Morgan fingerprint density at radius 2 is 2.06 bits per heavy atom. The van der Waals surface area contributed by atoms with Crippen LogP contribution in [0.3, 0.4) is 0 Å². The average Bonchev–Trinajstić information content (AvgIpc) is 3.47. The number of thiazole rings is 1.